The minimum atomic E-state index is -0.688. The van der Waals surface area contributed by atoms with Gasteiger partial charge in [-0.3, -0.25) is 9.78 Å². The Morgan fingerprint density at radius 2 is 2.04 bits per heavy atom. The molecular formula is C17H21Cl2N5O3. The standard InChI is InChI=1S/C17H20ClN5O3.ClH/c1-2-22(8-9-24)6-3-7-23-13-5-4-11(18)10-12(13)19-14-15(23)20-17(26)21-16(14)25;/h4-5,10,24H,2-3,6-9H2,1H3,(H,21,25,26);1H. The van der Waals surface area contributed by atoms with Crippen LogP contribution >= 0.6 is 11.6 Å². The predicted octanol–water partition coefficient (Wildman–Crippen LogP) is -3.47. The fourth-order valence-electron chi connectivity index (χ4n) is 3.12. The Bertz CT molecular complexity index is 1000. The van der Waals surface area contributed by atoms with Crippen LogP contribution in [-0.2, 0) is 6.54 Å². The molecule has 0 saturated heterocycles. The molecule has 1 atom stereocenters. The van der Waals surface area contributed by atoms with E-state index in [1.807, 2.05) is 10.6 Å². The summed E-state index contributed by atoms with van der Waals surface area (Å²) in [6.07, 6.45) is 0.799. The maximum atomic E-state index is 12.2. The first-order valence-corrected chi connectivity index (χ1v) is 8.96. The summed E-state index contributed by atoms with van der Waals surface area (Å²) in [7, 11) is 0. The van der Waals surface area contributed by atoms with Crippen molar-refractivity contribution >= 4 is 22.6 Å². The van der Waals surface area contributed by atoms with E-state index < -0.39 is 11.2 Å². The zero-order chi connectivity index (χ0) is 18.7. The van der Waals surface area contributed by atoms with Crippen LogP contribution < -0.4 is 28.6 Å². The number of quaternary nitrogens is 1. The Hall–Kier alpha value is -2.00. The maximum Gasteiger partial charge on any atom is 0.349 e. The van der Waals surface area contributed by atoms with Crippen LogP contribution in [0.15, 0.2) is 27.8 Å². The first-order valence-electron chi connectivity index (χ1n) is 8.58. The van der Waals surface area contributed by atoms with Crippen molar-refractivity contribution < 1.29 is 22.4 Å². The number of aromatic nitrogens is 4. The minimum Gasteiger partial charge on any atom is -1.00 e. The molecule has 0 saturated carbocycles. The lowest BCUT2D eigenvalue weighted by Gasteiger charge is -2.19. The van der Waals surface area contributed by atoms with Gasteiger partial charge < -0.3 is 27.0 Å². The number of nitrogens with zero attached hydrogens (tertiary/aromatic N) is 3. The predicted molar refractivity (Wildman–Crippen MR) is 99.0 cm³/mol. The number of rotatable bonds is 7. The number of nitrogens with one attached hydrogen (secondary N) is 2. The fourth-order valence-corrected chi connectivity index (χ4v) is 3.29. The van der Waals surface area contributed by atoms with E-state index in [1.54, 1.807) is 12.1 Å². The topological polar surface area (TPSA) is 105 Å². The van der Waals surface area contributed by atoms with Crippen molar-refractivity contribution in [3.05, 3.63) is 44.1 Å². The fraction of sp³-hybridized carbons (Fsp3) is 0.412. The number of aryl methyl sites for hydroxylation is 1. The number of hydrogen-bond donors (Lipinski definition) is 3. The molecule has 3 N–H and O–H groups in total. The van der Waals surface area contributed by atoms with Gasteiger partial charge in [0, 0.05) is 18.0 Å². The van der Waals surface area contributed by atoms with Crippen molar-refractivity contribution in [1.29, 1.82) is 0 Å². The van der Waals surface area contributed by atoms with Gasteiger partial charge in [-0.05, 0) is 25.1 Å². The van der Waals surface area contributed by atoms with Gasteiger partial charge in [-0.2, -0.15) is 4.98 Å². The Labute approximate surface area is 166 Å². The molecule has 0 radical (unpaired) electrons. The molecule has 2 aliphatic rings. The highest BCUT2D eigenvalue weighted by molar-refractivity contribution is 6.31. The number of hydrogen-bond acceptors (Lipinski definition) is 5. The van der Waals surface area contributed by atoms with E-state index in [4.69, 9.17) is 16.7 Å². The van der Waals surface area contributed by atoms with Crippen LogP contribution in [0.1, 0.15) is 13.3 Å². The highest BCUT2D eigenvalue weighted by atomic mass is 35.5. The number of benzene rings is 1. The van der Waals surface area contributed by atoms with Crippen LogP contribution in [0.4, 0.5) is 0 Å². The molecule has 2 aliphatic heterocycles. The summed E-state index contributed by atoms with van der Waals surface area (Å²) in [5.41, 5.74) is 0.212. The number of likely N-dealkylation sites (N-methyl/N-ethyl adjacent to an activating group) is 1. The van der Waals surface area contributed by atoms with E-state index in [9.17, 15) is 9.59 Å². The number of fused-ring (bicyclic) bond motifs is 2. The van der Waals surface area contributed by atoms with Crippen molar-refractivity contribution in [2.75, 3.05) is 26.2 Å². The lowest BCUT2D eigenvalue weighted by molar-refractivity contribution is -0.898. The third-order valence-corrected chi connectivity index (χ3v) is 4.68. The molecule has 2 heterocycles. The molecule has 1 aromatic carbocycles. The number of aliphatic hydroxyl groups is 1. The van der Waals surface area contributed by atoms with Crippen molar-refractivity contribution in [3.8, 4) is 11.5 Å². The molecule has 0 fully saturated rings. The van der Waals surface area contributed by atoms with Gasteiger partial charge >= 0.3 is 5.69 Å². The molecule has 0 spiro atoms. The van der Waals surface area contributed by atoms with Crippen molar-refractivity contribution in [2.24, 2.45) is 0 Å². The van der Waals surface area contributed by atoms with E-state index in [1.165, 1.54) is 4.90 Å². The molecule has 0 aromatic heterocycles. The Kier molecular flexibility index (Phi) is 7.32. The van der Waals surface area contributed by atoms with Gasteiger partial charge in [-0.1, -0.05) is 11.6 Å². The van der Waals surface area contributed by atoms with Crippen LogP contribution in [0.5, 0.6) is 0 Å². The van der Waals surface area contributed by atoms with Gasteiger partial charge in [-0.25, -0.2) is 9.78 Å². The highest BCUT2D eigenvalue weighted by Crippen LogP contribution is 2.23. The summed E-state index contributed by atoms with van der Waals surface area (Å²) in [4.78, 5) is 35.6. The summed E-state index contributed by atoms with van der Waals surface area (Å²) < 4.78 is 1.84. The zero-order valence-corrected chi connectivity index (χ0v) is 16.3. The average Bonchev–Trinajstić information content (AvgIpc) is 2.60. The van der Waals surface area contributed by atoms with Gasteiger partial charge in [0.05, 0.1) is 30.7 Å². The lowest BCUT2D eigenvalue weighted by Crippen LogP contribution is -3.12. The number of aromatic amines is 1. The third kappa shape index (κ3) is 4.65. The Morgan fingerprint density at radius 1 is 1.26 bits per heavy atom. The molecule has 8 nitrogen and oxygen atoms in total. The quantitative estimate of drug-likeness (QED) is 0.349. The zero-order valence-electron chi connectivity index (χ0n) is 14.8. The minimum absolute atomic E-state index is 0. The molecule has 0 amide bonds. The molecule has 1 aromatic rings. The van der Waals surface area contributed by atoms with Gasteiger partial charge in [0.1, 0.15) is 6.54 Å². The molecule has 146 valence electrons. The molecule has 10 heteroatoms. The molecule has 3 rings (SSSR count). The smallest absolute Gasteiger partial charge is 0.349 e. The lowest BCUT2D eigenvalue weighted by atomic mass is 10.2. The van der Waals surface area contributed by atoms with Gasteiger partial charge in [0.15, 0.2) is 11.5 Å². The summed E-state index contributed by atoms with van der Waals surface area (Å²) in [6, 6.07) is 5.25. The number of H-pyrrole nitrogens is 1. The average molecular weight is 414 g/mol. The molecule has 0 aliphatic carbocycles. The summed E-state index contributed by atoms with van der Waals surface area (Å²) in [5, 5.41) is 9.64. The van der Waals surface area contributed by atoms with Crippen LogP contribution in [0, 0.1) is 0 Å². The molecule has 1 unspecified atom stereocenters. The Morgan fingerprint density at radius 3 is 2.74 bits per heavy atom. The van der Waals surface area contributed by atoms with Gasteiger partial charge in [0.2, 0.25) is 0 Å². The number of aliphatic hydroxyl groups excluding tert-OH is 1. The molecule has 27 heavy (non-hydrogen) atoms. The second kappa shape index (κ2) is 9.27. The molecular weight excluding hydrogens is 393 g/mol. The SMILES string of the molecule is CC[NH+](CCO)CCCn1c2nc(=O)[nH]c(=O)c-2nc2cc(Cl)ccc21.[Cl-]. The highest BCUT2D eigenvalue weighted by Gasteiger charge is 2.19. The second-order valence-electron chi connectivity index (χ2n) is 6.12. The second-order valence-corrected chi connectivity index (χ2v) is 6.56. The normalized spacial score (nSPS) is 12.3. The summed E-state index contributed by atoms with van der Waals surface area (Å²) in [5.74, 6) is 0.272. The first kappa shape index (κ1) is 21.3. The van der Waals surface area contributed by atoms with Crippen LogP contribution in [0.25, 0.3) is 22.6 Å². The largest absolute Gasteiger partial charge is 1.00 e. The van der Waals surface area contributed by atoms with E-state index in [-0.39, 0.29) is 30.5 Å². The van der Waals surface area contributed by atoms with Crippen LogP contribution in [-0.4, -0.2) is 50.9 Å². The van der Waals surface area contributed by atoms with Crippen LogP contribution in [0.3, 0.4) is 0 Å². The van der Waals surface area contributed by atoms with Crippen molar-refractivity contribution in [2.45, 2.75) is 19.9 Å². The molecule has 0 bridgehead atoms. The van der Waals surface area contributed by atoms with Crippen LogP contribution in [0.2, 0.25) is 5.02 Å². The number of halogens is 2. The van der Waals surface area contributed by atoms with Gasteiger partial charge in [0.25, 0.3) is 5.56 Å². The summed E-state index contributed by atoms with van der Waals surface area (Å²) >= 11 is 6.06. The first-order chi connectivity index (χ1) is 12.5. The monoisotopic (exact) mass is 413 g/mol. The van der Waals surface area contributed by atoms with Crippen molar-refractivity contribution in [1.82, 2.24) is 19.5 Å². The Balaban J connectivity index is 0.00000261. The third-order valence-electron chi connectivity index (χ3n) is 4.45. The van der Waals surface area contributed by atoms with Crippen molar-refractivity contribution in [3.63, 3.8) is 0 Å². The van der Waals surface area contributed by atoms with E-state index >= 15 is 0 Å². The van der Waals surface area contributed by atoms with Gasteiger partial charge in [-0.15, -0.1) is 0 Å². The van der Waals surface area contributed by atoms with E-state index in [0.717, 1.165) is 25.0 Å². The van der Waals surface area contributed by atoms with E-state index in [2.05, 4.69) is 21.9 Å². The maximum absolute atomic E-state index is 12.2. The van der Waals surface area contributed by atoms with E-state index in [0.29, 0.717) is 23.6 Å². The summed E-state index contributed by atoms with van der Waals surface area (Å²) in [6.45, 7) is 5.26.